The molecular weight excluding hydrogens is 200 g/mol. The van der Waals surface area contributed by atoms with E-state index in [1.807, 2.05) is 20.8 Å². The third-order valence-corrected chi connectivity index (χ3v) is 2.82. The van der Waals surface area contributed by atoms with E-state index >= 15 is 0 Å². The van der Waals surface area contributed by atoms with Crippen LogP contribution in [0.25, 0.3) is 0 Å². The van der Waals surface area contributed by atoms with Crippen LogP contribution in [0.3, 0.4) is 0 Å². The van der Waals surface area contributed by atoms with Gasteiger partial charge in [0.2, 0.25) is 0 Å². The summed E-state index contributed by atoms with van der Waals surface area (Å²) < 4.78 is 0. The Morgan fingerprint density at radius 2 is 1.44 bits per heavy atom. The summed E-state index contributed by atoms with van der Waals surface area (Å²) >= 11 is 0. The van der Waals surface area contributed by atoms with Crippen LogP contribution >= 0.6 is 0 Å². The highest BCUT2D eigenvalue weighted by molar-refractivity contribution is 6.02. The van der Waals surface area contributed by atoms with Gasteiger partial charge in [0.25, 0.3) is 0 Å². The molecule has 0 bridgehead atoms. The molecule has 0 saturated carbocycles. The normalized spacial score (nSPS) is 13.2. The van der Waals surface area contributed by atoms with Crippen LogP contribution in [0.2, 0.25) is 0 Å². The molecule has 0 N–H and O–H groups in total. The molecule has 0 aliphatic carbocycles. The van der Waals surface area contributed by atoms with E-state index in [1.165, 1.54) is 0 Å². The highest BCUT2D eigenvalue weighted by Gasteiger charge is 2.28. The molecule has 0 spiro atoms. The number of carbonyl (C=O) groups is 2. The Morgan fingerprint density at radius 3 is 1.81 bits per heavy atom. The predicted octanol–water partition coefficient (Wildman–Crippen LogP) is 3.63. The van der Waals surface area contributed by atoms with Crippen LogP contribution in [-0.2, 0) is 9.59 Å². The van der Waals surface area contributed by atoms with Gasteiger partial charge in [-0.25, -0.2) is 0 Å². The first-order valence-corrected chi connectivity index (χ1v) is 6.45. The average Bonchev–Trinajstić information content (AvgIpc) is 2.14. The van der Waals surface area contributed by atoms with Gasteiger partial charge in [-0.2, -0.15) is 0 Å². The van der Waals surface area contributed by atoms with Gasteiger partial charge >= 0.3 is 0 Å². The van der Waals surface area contributed by atoms with Gasteiger partial charge in [-0.15, -0.1) is 0 Å². The van der Waals surface area contributed by atoms with Crippen molar-refractivity contribution in [3.8, 4) is 0 Å². The Hall–Kier alpha value is -0.660. The lowest BCUT2D eigenvalue weighted by atomic mass is 9.83. The SMILES string of the molecule is CCCC(=O)C(C(=O)CCC(C)C)C(C)C. The Morgan fingerprint density at radius 1 is 0.938 bits per heavy atom. The maximum atomic E-state index is 12.0. The summed E-state index contributed by atoms with van der Waals surface area (Å²) in [5.74, 6) is 0.573. The molecule has 2 nitrogen and oxygen atoms in total. The zero-order valence-corrected chi connectivity index (χ0v) is 11.4. The fraction of sp³-hybridized carbons (Fsp3) is 0.857. The van der Waals surface area contributed by atoms with Crippen molar-refractivity contribution in [1.82, 2.24) is 0 Å². The summed E-state index contributed by atoms with van der Waals surface area (Å²) in [5.41, 5.74) is 0. The van der Waals surface area contributed by atoms with E-state index in [0.29, 0.717) is 18.8 Å². The van der Waals surface area contributed by atoms with Crippen molar-refractivity contribution in [3.63, 3.8) is 0 Å². The van der Waals surface area contributed by atoms with Crippen molar-refractivity contribution >= 4 is 11.6 Å². The maximum absolute atomic E-state index is 12.0. The van der Waals surface area contributed by atoms with Crippen LogP contribution in [0, 0.1) is 17.8 Å². The first-order chi connectivity index (χ1) is 7.40. The zero-order valence-electron chi connectivity index (χ0n) is 11.4. The average molecular weight is 226 g/mol. The van der Waals surface area contributed by atoms with Gasteiger partial charge in [-0.3, -0.25) is 9.59 Å². The van der Waals surface area contributed by atoms with Gasteiger partial charge < -0.3 is 0 Å². The van der Waals surface area contributed by atoms with Gasteiger partial charge in [0.1, 0.15) is 11.6 Å². The molecule has 16 heavy (non-hydrogen) atoms. The summed E-state index contributed by atoms with van der Waals surface area (Å²) in [7, 11) is 0. The molecule has 0 aromatic rings. The minimum absolute atomic E-state index is 0.131. The van der Waals surface area contributed by atoms with Gasteiger partial charge in [-0.05, 0) is 24.7 Å². The summed E-state index contributed by atoms with van der Waals surface area (Å²) in [5, 5.41) is 0. The first-order valence-electron chi connectivity index (χ1n) is 6.45. The second-order valence-corrected chi connectivity index (χ2v) is 5.34. The van der Waals surface area contributed by atoms with E-state index in [4.69, 9.17) is 0 Å². The van der Waals surface area contributed by atoms with Gasteiger partial charge in [-0.1, -0.05) is 34.6 Å². The summed E-state index contributed by atoms with van der Waals surface area (Å²) in [6.45, 7) is 10.1. The lowest BCUT2D eigenvalue weighted by Crippen LogP contribution is -2.29. The largest absolute Gasteiger partial charge is 0.299 e. The van der Waals surface area contributed by atoms with Crippen LogP contribution in [0.1, 0.15) is 60.3 Å². The molecule has 0 rings (SSSR count). The van der Waals surface area contributed by atoms with Gasteiger partial charge in [0.05, 0.1) is 5.92 Å². The van der Waals surface area contributed by atoms with Crippen molar-refractivity contribution in [2.45, 2.75) is 60.3 Å². The lowest BCUT2D eigenvalue weighted by molar-refractivity contribution is -0.134. The molecule has 2 heteroatoms. The van der Waals surface area contributed by atoms with E-state index in [-0.39, 0.29) is 23.4 Å². The fourth-order valence-electron chi connectivity index (χ4n) is 1.91. The minimum atomic E-state index is -0.362. The second-order valence-electron chi connectivity index (χ2n) is 5.34. The number of Topliss-reactive ketones (excluding diaryl/α,β-unsaturated/α-hetero) is 2. The molecule has 94 valence electrons. The maximum Gasteiger partial charge on any atom is 0.143 e. The molecular formula is C14H26O2. The number of hydrogen-bond acceptors (Lipinski definition) is 2. The highest BCUT2D eigenvalue weighted by Crippen LogP contribution is 2.19. The molecule has 0 aromatic carbocycles. The topological polar surface area (TPSA) is 34.1 Å². The van der Waals surface area contributed by atoms with Gasteiger partial charge in [0.15, 0.2) is 0 Å². The summed E-state index contributed by atoms with van der Waals surface area (Å²) in [6.07, 6.45) is 2.81. The van der Waals surface area contributed by atoms with Crippen LogP contribution < -0.4 is 0 Å². The van der Waals surface area contributed by atoms with E-state index in [2.05, 4.69) is 13.8 Å². The van der Waals surface area contributed by atoms with E-state index in [9.17, 15) is 9.59 Å². The fourth-order valence-corrected chi connectivity index (χ4v) is 1.91. The first kappa shape index (κ1) is 15.3. The van der Waals surface area contributed by atoms with Crippen molar-refractivity contribution in [2.24, 2.45) is 17.8 Å². The summed E-state index contributed by atoms with van der Waals surface area (Å²) in [6, 6.07) is 0. The van der Waals surface area contributed by atoms with Crippen LogP contribution in [0.5, 0.6) is 0 Å². The number of rotatable bonds is 8. The zero-order chi connectivity index (χ0) is 12.7. The number of carbonyl (C=O) groups excluding carboxylic acids is 2. The Labute approximate surface area is 99.8 Å². The molecule has 0 aliphatic heterocycles. The third kappa shape index (κ3) is 5.43. The van der Waals surface area contributed by atoms with Crippen LogP contribution in [0.4, 0.5) is 0 Å². The number of ketones is 2. The monoisotopic (exact) mass is 226 g/mol. The van der Waals surface area contributed by atoms with Crippen molar-refractivity contribution < 1.29 is 9.59 Å². The van der Waals surface area contributed by atoms with Crippen LogP contribution in [-0.4, -0.2) is 11.6 Å². The lowest BCUT2D eigenvalue weighted by Gasteiger charge is -2.18. The molecule has 0 heterocycles. The van der Waals surface area contributed by atoms with Crippen LogP contribution in [0.15, 0.2) is 0 Å². The Balaban J connectivity index is 4.41. The quantitative estimate of drug-likeness (QED) is 0.592. The van der Waals surface area contributed by atoms with E-state index in [0.717, 1.165) is 12.8 Å². The molecule has 0 fully saturated rings. The standard InChI is InChI=1S/C14H26O2/c1-6-7-12(15)14(11(4)5)13(16)9-8-10(2)3/h10-11,14H,6-9H2,1-5H3. The molecule has 0 aliphatic rings. The minimum Gasteiger partial charge on any atom is -0.299 e. The van der Waals surface area contributed by atoms with Crippen molar-refractivity contribution in [1.29, 1.82) is 0 Å². The third-order valence-electron chi connectivity index (χ3n) is 2.82. The summed E-state index contributed by atoms with van der Waals surface area (Å²) in [4.78, 5) is 23.8. The molecule has 0 radical (unpaired) electrons. The smallest absolute Gasteiger partial charge is 0.143 e. The van der Waals surface area contributed by atoms with Crippen molar-refractivity contribution in [3.05, 3.63) is 0 Å². The van der Waals surface area contributed by atoms with E-state index < -0.39 is 0 Å². The molecule has 1 atom stereocenters. The molecule has 0 saturated heterocycles. The van der Waals surface area contributed by atoms with Gasteiger partial charge in [0, 0.05) is 12.8 Å². The molecule has 1 unspecified atom stereocenters. The predicted molar refractivity (Wildman–Crippen MR) is 67.3 cm³/mol. The highest BCUT2D eigenvalue weighted by atomic mass is 16.1. The molecule has 0 aromatic heterocycles. The Bertz CT molecular complexity index is 229. The molecule has 0 amide bonds. The number of hydrogen-bond donors (Lipinski definition) is 0. The Kier molecular flexibility index (Phi) is 7.27. The van der Waals surface area contributed by atoms with E-state index in [1.54, 1.807) is 0 Å². The second kappa shape index (κ2) is 7.59. The van der Waals surface area contributed by atoms with Crippen molar-refractivity contribution in [2.75, 3.05) is 0 Å².